The van der Waals surface area contributed by atoms with Crippen LogP contribution in [0.25, 0.3) is 5.82 Å². The maximum atomic E-state index is 12.1. The summed E-state index contributed by atoms with van der Waals surface area (Å²) >= 11 is 0. The van der Waals surface area contributed by atoms with Crippen LogP contribution in [0.4, 0.5) is 5.69 Å². The average molecular weight is 416 g/mol. The highest BCUT2D eigenvalue weighted by Gasteiger charge is 2.06. The smallest absolute Gasteiger partial charge is 0.262 e. The van der Waals surface area contributed by atoms with Crippen molar-refractivity contribution in [1.82, 2.24) is 14.8 Å². The summed E-state index contributed by atoms with van der Waals surface area (Å²) in [5.74, 6) is 2.60. The summed E-state index contributed by atoms with van der Waals surface area (Å²) < 4.78 is 18.2. The number of ether oxygens (including phenoxy) is 3. The molecule has 0 radical (unpaired) electrons. The van der Waals surface area contributed by atoms with Gasteiger partial charge in [-0.15, -0.1) is 10.2 Å². The minimum atomic E-state index is -0.275. The van der Waals surface area contributed by atoms with Gasteiger partial charge in [0.15, 0.2) is 12.4 Å². The molecule has 2 heterocycles. The number of anilines is 1. The molecule has 31 heavy (non-hydrogen) atoms. The summed E-state index contributed by atoms with van der Waals surface area (Å²) in [5, 5.41) is 11.0. The predicted octanol–water partition coefficient (Wildman–Crippen LogP) is 4.09. The van der Waals surface area contributed by atoms with Gasteiger partial charge in [0.25, 0.3) is 5.91 Å². The van der Waals surface area contributed by atoms with E-state index in [9.17, 15) is 4.79 Å². The molecule has 156 valence electrons. The molecule has 1 amide bonds. The van der Waals surface area contributed by atoms with Gasteiger partial charge in [-0.3, -0.25) is 4.79 Å². The Labute approximate surface area is 179 Å². The van der Waals surface area contributed by atoms with Crippen LogP contribution in [0.1, 0.15) is 0 Å². The molecule has 0 unspecified atom stereocenters. The molecular formula is C23H20N4O4. The van der Waals surface area contributed by atoms with Crippen LogP contribution in [-0.2, 0) is 4.79 Å². The van der Waals surface area contributed by atoms with Crippen molar-refractivity contribution in [2.75, 3.05) is 19.0 Å². The van der Waals surface area contributed by atoms with Crippen LogP contribution < -0.4 is 19.5 Å². The Morgan fingerprint density at radius 1 is 0.903 bits per heavy atom. The maximum Gasteiger partial charge on any atom is 0.262 e. The maximum absolute atomic E-state index is 12.1. The highest BCUT2D eigenvalue weighted by atomic mass is 16.5. The molecule has 0 spiro atoms. The fraction of sp³-hybridized carbons (Fsp3) is 0.0870. The minimum Gasteiger partial charge on any atom is -0.497 e. The van der Waals surface area contributed by atoms with Crippen molar-refractivity contribution in [2.45, 2.75) is 0 Å². The first kappa shape index (κ1) is 20.0. The monoisotopic (exact) mass is 416 g/mol. The van der Waals surface area contributed by atoms with Crippen LogP contribution in [0.3, 0.4) is 0 Å². The zero-order chi connectivity index (χ0) is 21.5. The van der Waals surface area contributed by atoms with E-state index in [0.717, 1.165) is 0 Å². The molecule has 1 N–H and O–H groups in total. The van der Waals surface area contributed by atoms with Gasteiger partial charge in [0.05, 0.1) is 7.11 Å². The van der Waals surface area contributed by atoms with Gasteiger partial charge in [0.2, 0.25) is 5.88 Å². The quantitative estimate of drug-likeness (QED) is 0.466. The van der Waals surface area contributed by atoms with Gasteiger partial charge in [0, 0.05) is 30.2 Å². The average Bonchev–Trinajstić information content (AvgIpc) is 3.35. The van der Waals surface area contributed by atoms with E-state index >= 15 is 0 Å². The molecular weight excluding hydrogens is 396 g/mol. The van der Waals surface area contributed by atoms with E-state index in [0.29, 0.717) is 34.6 Å². The lowest BCUT2D eigenvalue weighted by molar-refractivity contribution is -0.118. The molecule has 0 atom stereocenters. The van der Waals surface area contributed by atoms with Crippen LogP contribution in [0.15, 0.2) is 85.2 Å². The SMILES string of the molecule is COc1cccc(OCC(=O)Nc2ccc(Oc3ccc(-n4cccc4)nn3)cc2)c1. The Hall–Kier alpha value is -4.33. The number of carbonyl (C=O) groups is 1. The number of nitrogens with zero attached hydrogens (tertiary/aromatic N) is 3. The molecule has 0 aliphatic carbocycles. The molecule has 0 saturated carbocycles. The van der Waals surface area contributed by atoms with Crippen LogP contribution in [0.5, 0.6) is 23.1 Å². The lowest BCUT2D eigenvalue weighted by atomic mass is 10.3. The third-order valence-corrected chi connectivity index (χ3v) is 4.27. The number of carbonyl (C=O) groups excluding carboxylic acids is 1. The fourth-order valence-corrected chi connectivity index (χ4v) is 2.76. The molecule has 2 aromatic carbocycles. The summed E-state index contributed by atoms with van der Waals surface area (Å²) in [5.41, 5.74) is 0.626. The predicted molar refractivity (Wildman–Crippen MR) is 115 cm³/mol. The first-order valence-corrected chi connectivity index (χ1v) is 9.51. The van der Waals surface area contributed by atoms with Gasteiger partial charge < -0.3 is 24.1 Å². The van der Waals surface area contributed by atoms with Gasteiger partial charge in [-0.05, 0) is 54.6 Å². The Kier molecular flexibility index (Phi) is 6.08. The fourth-order valence-electron chi connectivity index (χ4n) is 2.76. The first-order valence-electron chi connectivity index (χ1n) is 9.51. The zero-order valence-corrected chi connectivity index (χ0v) is 16.8. The minimum absolute atomic E-state index is 0.116. The van der Waals surface area contributed by atoms with Gasteiger partial charge in [-0.1, -0.05) is 6.07 Å². The third kappa shape index (κ3) is 5.39. The third-order valence-electron chi connectivity index (χ3n) is 4.27. The van der Waals surface area contributed by atoms with E-state index in [1.54, 1.807) is 61.7 Å². The molecule has 4 aromatic rings. The Balaban J connectivity index is 1.29. The van der Waals surface area contributed by atoms with Crippen LogP contribution >= 0.6 is 0 Å². The molecule has 0 aliphatic rings. The molecule has 0 saturated heterocycles. The summed E-state index contributed by atoms with van der Waals surface area (Å²) in [4.78, 5) is 12.1. The van der Waals surface area contributed by atoms with Crippen molar-refractivity contribution < 1.29 is 19.0 Å². The van der Waals surface area contributed by atoms with Crippen LogP contribution in [0.2, 0.25) is 0 Å². The highest BCUT2D eigenvalue weighted by Crippen LogP contribution is 2.22. The van der Waals surface area contributed by atoms with E-state index in [2.05, 4.69) is 15.5 Å². The van der Waals surface area contributed by atoms with E-state index in [1.807, 2.05) is 35.2 Å². The number of nitrogens with one attached hydrogen (secondary N) is 1. The van der Waals surface area contributed by atoms with Crippen molar-refractivity contribution in [3.8, 4) is 28.9 Å². The number of methoxy groups -OCH3 is 1. The van der Waals surface area contributed by atoms with Gasteiger partial charge in [-0.25, -0.2) is 0 Å². The second-order valence-corrected chi connectivity index (χ2v) is 6.46. The topological polar surface area (TPSA) is 87.5 Å². The number of rotatable bonds is 8. The van der Waals surface area contributed by atoms with E-state index < -0.39 is 0 Å². The molecule has 0 aliphatic heterocycles. The standard InChI is InChI=1S/C23H20N4O4/c1-29-19-5-4-6-20(15-19)30-16-22(28)24-17-7-9-18(10-8-17)31-23-12-11-21(25-26-23)27-13-2-3-14-27/h2-15H,16H2,1H3,(H,24,28). The second kappa shape index (κ2) is 9.45. The lowest BCUT2D eigenvalue weighted by Crippen LogP contribution is -2.20. The zero-order valence-electron chi connectivity index (χ0n) is 16.8. The van der Waals surface area contributed by atoms with Crippen LogP contribution in [-0.4, -0.2) is 34.4 Å². The molecule has 2 aromatic heterocycles. The number of aromatic nitrogens is 3. The Morgan fingerprint density at radius 2 is 1.68 bits per heavy atom. The molecule has 0 bridgehead atoms. The number of benzene rings is 2. The lowest BCUT2D eigenvalue weighted by Gasteiger charge is -2.09. The van der Waals surface area contributed by atoms with Gasteiger partial charge in [0.1, 0.15) is 17.2 Å². The molecule has 0 fully saturated rings. The highest BCUT2D eigenvalue weighted by molar-refractivity contribution is 5.91. The van der Waals surface area contributed by atoms with Crippen molar-refractivity contribution in [3.63, 3.8) is 0 Å². The van der Waals surface area contributed by atoms with Gasteiger partial charge in [-0.2, -0.15) is 0 Å². The number of amides is 1. The van der Waals surface area contributed by atoms with E-state index in [4.69, 9.17) is 14.2 Å². The van der Waals surface area contributed by atoms with E-state index in [-0.39, 0.29) is 12.5 Å². The molecule has 8 heteroatoms. The molecule has 8 nitrogen and oxygen atoms in total. The van der Waals surface area contributed by atoms with Gasteiger partial charge >= 0.3 is 0 Å². The molecule has 4 rings (SSSR count). The second-order valence-electron chi connectivity index (χ2n) is 6.46. The van der Waals surface area contributed by atoms with Crippen molar-refractivity contribution in [3.05, 3.63) is 85.2 Å². The van der Waals surface area contributed by atoms with Crippen LogP contribution in [0, 0.1) is 0 Å². The largest absolute Gasteiger partial charge is 0.497 e. The van der Waals surface area contributed by atoms with E-state index in [1.165, 1.54) is 0 Å². The summed E-state index contributed by atoms with van der Waals surface area (Å²) in [7, 11) is 1.57. The normalized spacial score (nSPS) is 10.4. The van der Waals surface area contributed by atoms with Crippen molar-refractivity contribution in [1.29, 1.82) is 0 Å². The summed E-state index contributed by atoms with van der Waals surface area (Å²) in [6, 6.07) is 21.4. The summed E-state index contributed by atoms with van der Waals surface area (Å²) in [6.45, 7) is -0.116. The Bertz CT molecular complexity index is 1130. The number of hydrogen-bond acceptors (Lipinski definition) is 6. The Morgan fingerprint density at radius 3 is 2.39 bits per heavy atom. The van der Waals surface area contributed by atoms with Crippen molar-refractivity contribution >= 4 is 11.6 Å². The first-order chi connectivity index (χ1) is 15.2. The van der Waals surface area contributed by atoms with Crippen molar-refractivity contribution in [2.24, 2.45) is 0 Å². The number of hydrogen-bond donors (Lipinski definition) is 1. The summed E-state index contributed by atoms with van der Waals surface area (Å²) in [6.07, 6.45) is 3.78.